The van der Waals surface area contributed by atoms with E-state index in [1.54, 1.807) is 13.0 Å². The Morgan fingerprint density at radius 2 is 1.80 bits per heavy atom. The number of carbonyl (C=O) groups is 2. The minimum atomic E-state index is -0.658. The molecule has 2 aliphatic carbocycles. The van der Waals surface area contributed by atoms with E-state index in [4.69, 9.17) is 9.47 Å². The smallest absolute Gasteiger partial charge is 0.410 e. The average molecular weight is 611 g/mol. The number of amides is 1. The van der Waals surface area contributed by atoms with Crippen LogP contribution in [0.4, 0.5) is 14.9 Å². The SMILES string of the molecule is CCOC(=O)c1cc(C2CC2)c2c(C)c(N3CCC(C4(NCC5CCN(C(=O)OC(C)(C)C)CC5)CC4)C3)c(F)cn2c1=O. The first-order valence-corrected chi connectivity index (χ1v) is 16.4. The second-order valence-electron chi connectivity index (χ2n) is 14.4. The van der Waals surface area contributed by atoms with Gasteiger partial charge in [0.2, 0.25) is 0 Å². The summed E-state index contributed by atoms with van der Waals surface area (Å²) in [5.74, 6) is 0.0967. The first kappa shape index (κ1) is 30.9. The molecule has 44 heavy (non-hydrogen) atoms. The van der Waals surface area contributed by atoms with Gasteiger partial charge in [-0.1, -0.05) is 0 Å². The number of piperidine rings is 1. The maximum Gasteiger partial charge on any atom is 0.410 e. The summed E-state index contributed by atoms with van der Waals surface area (Å²) >= 11 is 0. The Morgan fingerprint density at radius 1 is 1.09 bits per heavy atom. The highest BCUT2D eigenvalue weighted by molar-refractivity contribution is 5.90. The number of halogens is 1. The van der Waals surface area contributed by atoms with Gasteiger partial charge in [-0.3, -0.25) is 9.20 Å². The largest absolute Gasteiger partial charge is 0.462 e. The van der Waals surface area contributed by atoms with Gasteiger partial charge in [0.25, 0.3) is 5.56 Å². The Kier molecular flexibility index (Phi) is 8.18. The first-order valence-electron chi connectivity index (χ1n) is 16.4. The van der Waals surface area contributed by atoms with Crippen molar-refractivity contribution in [3.63, 3.8) is 0 Å². The average Bonchev–Trinajstić information content (AvgIpc) is 3.90. The number of aromatic nitrogens is 1. The summed E-state index contributed by atoms with van der Waals surface area (Å²) in [4.78, 5) is 42.3. The van der Waals surface area contributed by atoms with Crippen molar-refractivity contribution in [2.45, 2.75) is 96.6 Å². The summed E-state index contributed by atoms with van der Waals surface area (Å²) in [5.41, 5.74) is 2.02. The second kappa shape index (κ2) is 11.7. The van der Waals surface area contributed by atoms with Crippen molar-refractivity contribution >= 4 is 23.3 Å². The molecule has 240 valence electrons. The van der Waals surface area contributed by atoms with Crippen LogP contribution >= 0.6 is 0 Å². The van der Waals surface area contributed by atoms with E-state index in [0.29, 0.717) is 17.5 Å². The van der Waals surface area contributed by atoms with Gasteiger partial charge < -0.3 is 24.6 Å². The lowest BCUT2D eigenvalue weighted by atomic mass is 9.93. The molecule has 4 fully saturated rings. The van der Waals surface area contributed by atoms with Crippen LogP contribution in [0.3, 0.4) is 0 Å². The molecule has 1 N–H and O–H groups in total. The van der Waals surface area contributed by atoms with Gasteiger partial charge in [0.15, 0.2) is 5.82 Å². The molecule has 0 aromatic carbocycles. The lowest BCUT2D eigenvalue weighted by Gasteiger charge is -2.35. The molecule has 2 aromatic rings. The molecule has 6 rings (SSSR count). The van der Waals surface area contributed by atoms with Gasteiger partial charge in [-0.15, -0.1) is 0 Å². The molecule has 10 heteroatoms. The number of fused-ring (bicyclic) bond motifs is 1. The lowest BCUT2D eigenvalue weighted by Crippen LogP contribution is -2.46. The third-order valence-electron chi connectivity index (χ3n) is 10.0. The van der Waals surface area contributed by atoms with Crippen molar-refractivity contribution in [3.05, 3.63) is 45.1 Å². The van der Waals surface area contributed by atoms with E-state index in [1.807, 2.05) is 32.6 Å². The Morgan fingerprint density at radius 3 is 2.41 bits per heavy atom. The predicted octanol–water partition coefficient (Wildman–Crippen LogP) is 5.40. The summed E-state index contributed by atoms with van der Waals surface area (Å²) in [6.07, 6.45) is 8.18. The minimum Gasteiger partial charge on any atom is -0.462 e. The lowest BCUT2D eigenvalue weighted by molar-refractivity contribution is 0.0182. The molecule has 1 atom stereocenters. The van der Waals surface area contributed by atoms with Crippen LogP contribution in [0.25, 0.3) is 5.52 Å². The van der Waals surface area contributed by atoms with Crippen molar-refractivity contribution in [1.82, 2.24) is 14.6 Å². The fourth-order valence-corrected chi connectivity index (χ4v) is 7.36. The summed E-state index contributed by atoms with van der Waals surface area (Å²) in [6, 6.07) is 1.69. The molecule has 0 radical (unpaired) electrons. The number of anilines is 1. The van der Waals surface area contributed by atoms with E-state index in [0.717, 1.165) is 94.3 Å². The monoisotopic (exact) mass is 610 g/mol. The van der Waals surface area contributed by atoms with Gasteiger partial charge in [-0.2, -0.15) is 0 Å². The maximum atomic E-state index is 15.9. The number of esters is 1. The summed E-state index contributed by atoms with van der Waals surface area (Å²) in [6.45, 7) is 13.4. The molecule has 1 unspecified atom stereocenters. The highest BCUT2D eigenvalue weighted by Crippen LogP contribution is 2.48. The fourth-order valence-electron chi connectivity index (χ4n) is 7.36. The summed E-state index contributed by atoms with van der Waals surface area (Å²) in [7, 11) is 0. The maximum absolute atomic E-state index is 15.9. The molecular weight excluding hydrogens is 563 g/mol. The molecule has 2 aliphatic heterocycles. The van der Waals surface area contributed by atoms with Crippen molar-refractivity contribution in [2.75, 3.05) is 44.2 Å². The van der Waals surface area contributed by atoms with Crippen molar-refractivity contribution < 1.29 is 23.5 Å². The zero-order valence-corrected chi connectivity index (χ0v) is 26.8. The molecule has 4 aliphatic rings. The minimum absolute atomic E-state index is 0.0312. The van der Waals surface area contributed by atoms with Gasteiger partial charge in [-0.05, 0) is 121 Å². The Labute approximate surface area is 259 Å². The molecular formula is C34H47FN4O5. The Bertz CT molecular complexity index is 1500. The highest BCUT2D eigenvalue weighted by atomic mass is 19.1. The van der Waals surface area contributed by atoms with E-state index in [2.05, 4.69) is 10.2 Å². The summed E-state index contributed by atoms with van der Waals surface area (Å²) < 4.78 is 27.9. The van der Waals surface area contributed by atoms with Gasteiger partial charge in [0.1, 0.15) is 11.2 Å². The van der Waals surface area contributed by atoms with Crippen LogP contribution in [0.5, 0.6) is 0 Å². The van der Waals surface area contributed by atoms with E-state index >= 15 is 4.39 Å². The van der Waals surface area contributed by atoms with E-state index in [1.165, 1.54) is 10.6 Å². The number of hydrogen-bond donors (Lipinski definition) is 1. The molecule has 2 saturated carbocycles. The topological polar surface area (TPSA) is 92.6 Å². The van der Waals surface area contributed by atoms with Gasteiger partial charge in [0, 0.05) is 31.7 Å². The zero-order chi connectivity index (χ0) is 31.4. The molecule has 9 nitrogen and oxygen atoms in total. The van der Waals surface area contributed by atoms with Crippen LogP contribution in [0.2, 0.25) is 0 Å². The van der Waals surface area contributed by atoms with E-state index in [9.17, 15) is 14.4 Å². The number of ether oxygens (including phenoxy) is 2. The number of carbonyl (C=O) groups excluding carboxylic acids is 2. The van der Waals surface area contributed by atoms with Crippen LogP contribution in [-0.2, 0) is 9.47 Å². The van der Waals surface area contributed by atoms with Crippen molar-refractivity contribution in [2.24, 2.45) is 11.8 Å². The van der Waals surface area contributed by atoms with Gasteiger partial charge in [-0.25, -0.2) is 14.0 Å². The van der Waals surface area contributed by atoms with Crippen LogP contribution < -0.4 is 15.8 Å². The van der Waals surface area contributed by atoms with E-state index < -0.39 is 22.9 Å². The third kappa shape index (κ3) is 6.06. The number of aryl methyl sites for hydroxylation is 1. The number of rotatable bonds is 8. The van der Waals surface area contributed by atoms with Gasteiger partial charge in [0.05, 0.1) is 24.0 Å². The van der Waals surface area contributed by atoms with Crippen LogP contribution in [0.15, 0.2) is 17.1 Å². The molecule has 0 spiro atoms. The van der Waals surface area contributed by atoms with E-state index in [-0.39, 0.29) is 29.7 Å². The van der Waals surface area contributed by atoms with Crippen molar-refractivity contribution in [1.29, 1.82) is 0 Å². The second-order valence-corrected chi connectivity index (χ2v) is 14.4. The van der Waals surface area contributed by atoms with Crippen LogP contribution in [0, 0.1) is 24.6 Å². The molecule has 1 amide bonds. The van der Waals surface area contributed by atoms with Crippen LogP contribution in [0.1, 0.15) is 100 Å². The Balaban J connectivity index is 1.14. The van der Waals surface area contributed by atoms with Crippen LogP contribution in [-0.4, -0.2) is 71.8 Å². The van der Waals surface area contributed by atoms with Crippen molar-refractivity contribution in [3.8, 4) is 0 Å². The fraction of sp³-hybridized carbons (Fsp3) is 0.676. The first-order chi connectivity index (χ1) is 20.9. The number of nitrogens with zero attached hydrogens (tertiary/aromatic N) is 3. The molecule has 0 bridgehead atoms. The predicted molar refractivity (Wildman–Crippen MR) is 167 cm³/mol. The van der Waals surface area contributed by atoms with Gasteiger partial charge >= 0.3 is 12.1 Å². The molecule has 2 saturated heterocycles. The zero-order valence-electron chi connectivity index (χ0n) is 26.8. The standard InChI is InChI=1S/C34H47FN4O5/c1-6-43-31(41)26-17-25(23-7-8-23)28-21(2)29(27(35)20-39(28)30(26)40)38-16-11-24(19-38)34(12-13-34)36-18-22-9-14-37(15-10-22)32(42)44-33(3,4)5/h17,20,22-24,36H,6-16,18-19H2,1-5H3. The number of likely N-dealkylation sites (tertiary alicyclic amines) is 1. The number of nitrogens with one attached hydrogen (secondary N) is 1. The quantitative estimate of drug-likeness (QED) is 0.401. The molecule has 4 heterocycles. The number of hydrogen-bond acceptors (Lipinski definition) is 7. The summed E-state index contributed by atoms with van der Waals surface area (Å²) in [5, 5.41) is 3.92. The molecule has 2 aromatic heterocycles. The highest BCUT2D eigenvalue weighted by Gasteiger charge is 2.51. The number of pyridine rings is 2. The normalized spacial score (nSPS) is 22.0. The Hall–Kier alpha value is -3.14. The third-order valence-corrected chi connectivity index (χ3v) is 10.0.